The second-order valence-corrected chi connectivity index (χ2v) is 3.38. The van der Waals surface area contributed by atoms with E-state index in [-0.39, 0.29) is 0 Å². The zero-order valence-corrected chi connectivity index (χ0v) is 8.59. The molecule has 0 saturated carbocycles. The molecule has 0 fully saturated rings. The van der Waals surface area contributed by atoms with Gasteiger partial charge >= 0.3 is 0 Å². The predicted molar refractivity (Wildman–Crippen MR) is 58.8 cm³/mol. The van der Waals surface area contributed by atoms with E-state index in [0.717, 1.165) is 23.6 Å². The number of aliphatic imine (C=N–C) groups is 1. The molecule has 13 heavy (non-hydrogen) atoms. The minimum atomic E-state index is 0.769. The molecule has 0 aliphatic heterocycles. The van der Waals surface area contributed by atoms with Gasteiger partial charge in [0.25, 0.3) is 0 Å². The first-order valence-electron chi connectivity index (χ1n) is 4.58. The standard InChI is InChI=1S/C11H14ClN/c1-2-3-8-13-9-10-4-6-11(12)7-5-10/h4-7,9H,2-3,8H2,1H3. The van der Waals surface area contributed by atoms with Crippen LogP contribution in [-0.2, 0) is 0 Å². The highest BCUT2D eigenvalue weighted by Gasteiger charge is 1.87. The van der Waals surface area contributed by atoms with Crippen molar-refractivity contribution in [1.29, 1.82) is 0 Å². The maximum Gasteiger partial charge on any atom is 0.0406 e. The summed E-state index contributed by atoms with van der Waals surface area (Å²) in [4.78, 5) is 4.29. The summed E-state index contributed by atoms with van der Waals surface area (Å²) in [6.07, 6.45) is 4.24. The molecule has 0 aromatic heterocycles. The lowest BCUT2D eigenvalue weighted by Crippen LogP contribution is -1.83. The second-order valence-electron chi connectivity index (χ2n) is 2.94. The maximum absolute atomic E-state index is 5.75. The molecule has 0 bridgehead atoms. The lowest BCUT2D eigenvalue weighted by molar-refractivity contribution is 0.810. The van der Waals surface area contributed by atoms with Gasteiger partial charge in [0.1, 0.15) is 0 Å². The van der Waals surface area contributed by atoms with Crippen molar-refractivity contribution in [3.63, 3.8) is 0 Å². The average Bonchev–Trinajstić information content (AvgIpc) is 2.15. The Morgan fingerprint density at radius 3 is 2.62 bits per heavy atom. The van der Waals surface area contributed by atoms with Gasteiger partial charge < -0.3 is 0 Å². The molecule has 0 unspecified atom stereocenters. The van der Waals surface area contributed by atoms with Gasteiger partial charge in [-0.05, 0) is 24.1 Å². The van der Waals surface area contributed by atoms with Gasteiger partial charge in [-0.2, -0.15) is 0 Å². The Labute approximate surface area is 84.5 Å². The van der Waals surface area contributed by atoms with Gasteiger partial charge in [0, 0.05) is 17.8 Å². The van der Waals surface area contributed by atoms with Crippen molar-refractivity contribution in [2.75, 3.05) is 6.54 Å². The Morgan fingerprint density at radius 2 is 2.00 bits per heavy atom. The van der Waals surface area contributed by atoms with Gasteiger partial charge in [-0.15, -0.1) is 0 Å². The fourth-order valence-electron chi connectivity index (χ4n) is 0.968. The van der Waals surface area contributed by atoms with Crippen molar-refractivity contribution >= 4 is 17.8 Å². The quantitative estimate of drug-likeness (QED) is 0.515. The normalized spacial score (nSPS) is 10.9. The summed E-state index contributed by atoms with van der Waals surface area (Å²) in [5.41, 5.74) is 1.11. The van der Waals surface area contributed by atoms with Crippen molar-refractivity contribution < 1.29 is 0 Å². The number of rotatable bonds is 4. The van der Waals surface area contributed by atoms with Crippen LogP contribution in [0, 0.1) is 0 Å². The molecule has 0 atom stereocenters. The van der Waals surface area contributed by atoms with E-state index in [1.807, 2.05) is 30.5 Å². The van der Waals surface area contributed by atoms with E-state index in [2.05, 4.69) is 11.9 Å². The summed E-state index contributed by atoms with van der Waals surface area (Å²) in [5.74, 6) is 0. The predicted octanol–water partition coefficient (Wildman–Crippen LogP) is 3.56. The van der Waals surface area contributed by atoms with Crippen LogP contribution in [0.15, 0.2) is 29.3 Å². The molecular weight excluding hydrogens is 182 g/mol. The highest BCUT2D eigenvalue weighted by molar-refractivity contribution is 6.30. The molecule has 0 radical (unpaired) electrons. The lowest BCUT2D eigenvalue weighted by Gasteiger charge is -1.93. The molecule has 1 aromatic rings. The summed E-state index contributed by atoms with van der Waals surface area (Å²) in [7, 11) is 0. The Hall–Kier alpha value is -0.820. The van der Waals surface area contributed by atoms with Crippen LogP contribution in [0.25, 0.3) is 0 Å². The third kappa shape index (κ3) is 4.09. The van der Waals surface area contributed by atoms with Crippen LogP contribution in [0.1, 0.15) is 25.3 Å². The number of nitrogens with zero attached hydrogens (tertiary/aromatic N) is 1. The third-order valence-corrected chi connectivity index (χ3v) is 2.00. The third-order valence-electron chi connectivity index (χ3n) is 1.75. The minimum absolute atomic E-state index is 0.769. The molecule has 0 N–H and O–H groups in total. The van der Waals surface area contributed by atoms with Gasteiger partial charge in [0.2, 0.25) is 0 Å². The molecule has 0 aliphatic rings. The summed E-state index contributed by atoms with van der Waals surface area (Å²) in [6.45, 7) is 3.08. The van der Waals surface area contributed by atoms with E-state index in [0.29, 0.717) is 0 Å². The zero-order chi connectivity index (χ0) is 9.52. The molecular formula is C11H14ClN. The molecule has 70 valence electrons. The Balaban J connectivity index is 2.44. The fourth-order valence-corrected chi connectivity index (χ4v) is 1.09. The van der Waals surface area contributed by atoms with Crippen molar-refractivity contribution in [2.45, 2.75) is 19.8 Å². The molecule has 2 heteroatoms. The van der Waals surface area contributed by atoms with E-state index in [1.54, 1.807) is 0 Å². The van der Waals surface area contributed by atoms with Crippen molar-refractivity contribution in [3.8, 4) is 0 Å². The maximum atomic E-state index is 5.75. The van der Waals surface area contributed by atoms with Crippen LogP contribution in [-0.4, -0.2) is 12.8 Å². The number of hydrogen-bond acceptors (Lipinski definition) is 1. The Kier molecular flexibility index (Phi) is 4.55. The lowest BCUT2D eigenvalue weighted by atomic mass is 10.2. The van der Waals surface area contributed by atoms with Gasteiger partial charge in [0.05, 0.1) is 0 Å². The van der Waals surface area contributed by atoms with Crippen molar-refractivity contribution in [2.24, 2.45) is 4.99 Å². The number of unbranched alkanes of at least 4 members (excludes halogenated alkanes) is 1. The van der Waals surface area contributed by atoms with Crippen LogP contribution in [0.2, 0.25) is 5.02 Å². The summed E-state index contributed by atoms with van der Waals surface area (Å²) < 4.78 is 0. The van der Waals surface area contributed by atoms with Crippen LogP contribution < -0.4 is 0 Å². The van der Waals surface area contributed by atoms with Gasteiger partial charge in [-0.25, -0.2) is 0 Å². The number of benzene rings is 1. The molecule has 0 aliphatic carbocycles. The molecule has 1 rings (SSSR count). The topological polar surface area (TPSA) is 12.4 Å². The molecule has 0 saturated heterocycles. The number of hydrogen-bond donors (Lipinski definition) is 0. The first-order chi connectivity index (χ1) is 6.33. The van der Waals surface area contributed by atoms with Crippen molar-refractivity contribution in [3.05, 3.63) is 34.9 Å². The van der Waals surface area contributed by atoms with E-state index in [1.165, 1.54) is 6.42 Å². The Morgan fingerprint density at radius 1 is 1.31 bits per heavy atom. The first-order valence-corrected chi connectivity index (χ1v) is 4.96. The largest absolute Gasteiger partial charge is 0.293 e. The van der Waals surface area contributed by atoms with Crippen LogP contribution in [0.4, 0.5) is 0 Å². The van der Waals surface area contributed by atoms with Gasteiger partial charge in [-0.3, -0.25) is 4.99 Å². The summed E-state index contributed by atoms with van der Waals surface area (Å²) in [5, 5.41) is 0.769. The van der Waals surface area contributed by atoms with Crippen LogP contribution in [0.3, 0.4) is 0 Å². The van der Waals surface area contributed by atoms with Crippen molar-refractivity contribution in [1.82, 2.24) is 0 Å². The van der Waals surface area contributed by atoms with E-state index in [9.17, 15) is 0 Å². The highest BCUT2D eigenvalue weighted by atomic mass is 35.5. The molecule has 1 nitrogen and oxygen atoms in total. The average molecular weight is 196 g/mol. The van der Waals surface area contributed by atoms with Crippen LogP contribution >= 0.6 is 11.6 Å². The van der Waals surface area contributed by atoms with E-state index < -0.39 is 0 Å². The first kappa shape index (κ1) is 10.3. The second kappa shape index (κ2) is 5.76. The molecule has 0 amide bonds. The van der Waals surface area contributed by atoms with Gasteiger partial charge in [-0.1, -0.05) is 37.1 Å². The monoisotopic (exact) mass is 195 g/mol. The molecule has 0 spiro atoms. The van der Waals surface area contributed by atoms with Crippen LogP contribution in [0.5, 0.6) is 0 Å². The number of halogens is 1. The minimum Gasteiger partial charge on any atom is -0.293 e. The van der Waals surface area contributed by atoms with E-state index in [4.69, 9.17) is 11.6 Å². The molecule has 1 aromatic carbocycles. The molecule has 0 heterocycles. The highest BCUT2D eigenvalue weighted by Crippen LogP contribution is 2.07. The fraction of sp³-hybridized carbons (Fsp3) is 0.364. The smallest absolute Gasteiger partial charge is 0.0406 e. The Bertz CT molecular complexity index is 264. The van der Waals surface area contributed by atoms with Gasteiger partial charge in [0.15, 0.2) is 0 Å². The summed E-state index contributed by atoms with van der Waals surface area (Å²) in [6, 6.07) is 7.70. The van der Waals surface area contributed by atoms with E-state index >= 15 is 0 Å². The zero-order valence-electron chi connectivity index (χ0n) is 7.83. The SMILES string of the molecule is CCCCN=Cc1ccc(Cl)cc1. The summed E-state index contributed by atoms with van der Waals surface area (Å²) >= 11 is 5.75.